The van der Waals surface area contributed by atoms with E-state index in [0.29, 0.717) is 13.1 Å². The molecule has 0 aromatic rings. The van der Waals surface area contributed by atoms with Crippen LogP contribution in [0.3, 0.4) is 0 Å². The van der Waals surface area contributed by atoms with Crippen LogP contribution in [0.1, 0.15) is 40.0 Å². The molecule has 1 fully saturated rings. The first-order valence-corrected chi connectivity index (χ1v) is 7.72. The number of rotatable bonds is 6. The Bertz CT molecular complexity index is 357. The summed E-state index contributed by atoms with van der Waals surface area (Å²) in [5.74, 6) is -0.375. The molecule has 1 saturated heterocycles. The lowest BCUT2D eigenvalue weighted by Crippen LogP contribution is -2.49. The number of nitrogens with two attached hydrogens (primary N) is 2. The highest BCUT2D eigenvalue weighted by atomic mass is 16.2. The Hall–Kier alpha value is -1.14. The molecule has 0 radical (unpaired) electrons. The van der Waals surface area contributed by atoms with E-state index in [1.54, 1.807) is 0 Å². The summed E-state index contributed by atoms with van der Waals surface area (Å²) in [5, 5.41) is 3.10. The Morgan fingerprint density at radius 2 is 1.86 bits per heavy atom. The Morgan fingerprint density at radius 1 is 1.29 bits per heavy atom. The van der Waals surface area contributed by atoms with Gasteiger partial charge in [0.25, 0.3) is 0 Å². The number of amides is 2. The monoisotopic (exact) mass is 298 g/mol. The summed E-state index contributed by atoms with van der Waals surface area (Å²) in [4.78, 5) is 25.2. The van der Waals surface area contributed by atoms with Crippen LogP contribution in [0.4, 0.5) is 0 Å². The van der Waals surface area contributed by atoms with E-state index in [1.165, 1.54) is 0 Å². The predicted octanol–water partition coefficient (Wildman–Crippen LogP) is 0.0634. The first kappa shape index (κ1) is 17.9. The van der Waals surface area contributed by atoms with Gasteiger partial charge in [-0.1, -0.05) is 20.8 Å². The van der Waals surface area contributed by atoms with Gasteiger partial charge >= 0.3 is 0 Å². The molecule has 1 unspecified atom stereocenters. The number of nitrogens with one attached hydrogen (secondary N) is 1. The van der Waals surface area contributed by atoms with Gasteiger partial charge in [-0.15, -0.1) is 0 Å². The number of nitrogens with zero attached hydrogens (tertiary/aromatic N) is 1. The zero-order valence-electron chi connectivity index (χ0n) is 13.5. The number of hydrogen-bond acceptors (Lipinski definition) is 4. The quantitative estimate of drug-likeness (QED) is 0.645. The van der Waals surface area contributed by atoms with E-state index in [9.17, 15) is 9.59 Å². The maximum Gasteiger partial charge on any atom is 0.231 e. The Morgan fingerprint density at radius 3 is 2.29 bits per heavy atom. The molecule has 1 rings (SSSR count). The molecule has 0 aliphatic carbocycles. The highest BCUT2D eigenvalue weighted by molar-refractivity contribution is 5.79. The van der Waals surface area contributed by atoms with Crippen molar-refractivity contribution < 1.29 is 9.59 Å². The number of carbonyl (C=O) groups excluding carboxylic acids is 2. The van der Waals surface area contributed by atoms with Crippen molar-refractivity contribution in [2.45, 2.75) is 46.1 Å². The van der Waals surface area contributed by atoms with E-state index in [2.05, 4.69) is 26.1 Å². The van der Waals surface area contributed by atoms with Gasteiger partial charge < -0.3 is 16.8 Å². The molecule has 6 nitrogen and oxygen atoms in total. The standard InChI is InChI=1S/C15H30N4O2/c1-15(2,3)8-11(9-16)14(21)18-12-4-6-19(7-5-12)10-13(17)20/h11-12H,4-10,16H2,1-3H3,(H2,17,20)(H,18,21). The maximum absolute atomic E-state index is 12.3. The fourth-order valence-corrected chi connectivity index (χ4v) is 2.80. The van der Waals surface area contributed by atoms with Crippen molar-refractivity contribution in [3.63, 3.8) is 0 Å². The summed E-state index contributed by atoms with van der Waals surface area (Å²) in [7, 11) is 0. The van der Waals surface area contributed by atoms with Crippen LogP contribution in [0.25, 0.3) is 0 Å². The van der Waals surface area contributed by atoms with Gasteiger partial charge in [0.15, 0.2) is 0 Å². The molecule has 1 aliphatic heterocycles. The van der Waals surface area contributed by atoms with E-state index in [1.807, 2.05) is 4.90 Å². The van der Waals surface area contributed by atoms with Crippen molar-refractivity contribution in [3.8, 4) is 0 Å². The van der Waals surface area contributed by atoms with Crippen LogP contribution < -0.4 is 16.8 Å². The summed E-state index contributed by atoms with van der Waals surface area (Å²) in [6.45, 7) is 8.61. The Labute approximate surface area is 127 Å². The predicted molar refractivity (Wildman–Crippen MR) is 83.4 cm³/mol. The molecule has 0 aromatic carbocycles. The highest BCUT2D eigenvalue weighted by Gasteiger charge is 2.27. The normalized spacial score (nSPS) is 19.2. The average molecular weight is 298 g/mol. The van der Waals surface area contributed by atoms with Crippen molar-refractivity contribution in [1.29, 1.82) is 0 Å². The number of likely N-dealkylation sites (tertiary alicyclic amines) is 1. The fraction of sp³-hybridized carbons (Fsp3) is 0.867. The molecule has 21 heavy (non-hydrogen) atoms. The first-order valence-electron chi connectivity index (χ1n) is 7.72. The third-order valence-electron chi connectivity index (χ3n) is 3.83. The molecular formula is C15H30N4O2. The average Bonchev–Trinajstić information content (AvgIpc) is 2.36. The van der Waals surface area contributed by atoms with Gasteiger partial charge in [-0.05, 0) is 24.7 Å². The molecule has 1 heterocycles. The van der Waals surface area contributed by atoms with Crippen molar-refractivity contribution in [1.82, 2.24) is 10.2 Å². The molecule has 2 amide bonds. The topological polar surface area (TPSA) is 101 Å². The second kappa shape index (κ2) is 7.75. The van der Waals surface area contributed by atoms with Crippen molar-refractivity contribution in [2.75, 3.05) is 26.2 Å². The van der Waals surface area contributed by atoms with Crippen LogP contribution in [0.15, 0.2) is 0 Å². The van der Waals surface area contributed by atoms with E-state index in [-0.39, 0.29) is 29.2 Å². The van der Waals surface area contributed by atoms with Gasteiger partial charge in [0.2, 0.25) is 11.8 Å². The maximum atomic E-state index is 12.3. The minimum atomic E-state index is -0.300. The molecule has 1 aliphatic rings. The summed E-state index contributed by atoms with van der Waals surface area (Å²) < 4.78 is 0. The smallest absolute Gasteiger partial charge is 0.231 e. The summed E-state index contributed by atoms with van der Waals surface area (Å²) in [5.41, 5.74) is 11.0. The van der Waals surface area contributed by atoms with Crippen LogP contribution in [0, 0.1) is 11.3 Å². The van der Waals surface area contributed by atoms with E-state index in [4.69, 9.17) is 11.5 Å². The van der Waals surface area contributed by atoms with Crippen LogP contribution in [0.2, 0.25) is 0 Å². The zero-order chi connectivity index (χ0) is 16.0. The van der Waals surface area contributed by atoms with Crippen LogP contribution in [-0.2, 0) is 9.59 Å². The van der Waals surface area contributed by atoms with Gasteiger partial charge in [0.1, 0.15) is 0 Å². The summed E-state index contributed by atoms with van der Waals surface area (Å²) in [6.07, 6.45) is 2.49. The fourth-order valence-electron chi connectivity index (χ4n) is 2.80. The van der Waals surface area contributed by atoms with Gasteiger partial charge in [-0.3, -0.25) is 14.5 Å². The van der Waals surface area contributed by atoms with Gasteiger partial charge in [0, 0.05) is 25.7 Å². The Balaban J connectivity index is 2.40. The molecule has 122 valence electrons. The number of primary amides is 1. The highest BCUT2D eigenvalue weighted by Crippen LogP contribution is 2.24. The molecule has 1 atom stereocenters. The summed E-state index contributed by atoms with van der Waals surface area (Å²) in [6, 6.07) is 0.177. The molecule has 0 bridgehead atoms. The third-order valence-corrected chi connectivity index (χ3v) is 3.83. The first-order chi connectivity index (χ1) is 9.71. The second-order valence-corrected chi connectivity index (χ2v) is 7.22. The van der Waals surface area contributed by atoms with Gasteiger partial charge in [-0.2, -0.15) is 0 Å². The molecule has 5 N–H and O–H groups in total. The van der Waals surface area contributed by atoms with E-state index < -0.39 is 0 Å². The van der Waals surface area contributed by atoms with E-state index in [0.717, 1.165) is 32.4 Å². The van der Waals surface area contributed by atoms with Crippen LogP contribution >= 0.6 is 0 Å². The molecule has 0 saturated carbocycles. The van der Waals surface area contributed by atoms with E-state index >= 15 is 0 Å². The molecule has 6 heteroatoms. The van der Waals surface area contributed by atoms with Crippen molar-refractivity contribution in [3.05, 3.63) is 0 Å². The molecule has 0 spiro atoms. The number of hydrogen-bond donors (Lipinski definition) is 3. The Kier molecular flexibility index (Phi) is 6.61. The van der Waals surface area contributed by atoms with Crippen LogP contribution in [-0.4, -0.2) is 48.9 Å². The second-order valence-electron chi connectivity index (χ2n) is 7.22. The molecular weight excluding hydrogens is 268 g/mol. The third kappa shape index (κ3) is 6.91. The lowest BCUT2D eigenvalue weighted by molar-refractivity contribution is -0.127. The van der Waals surface area contributed by atoms with Crippen molar-refractivity contribution in [2.24, 2.45) is 22.8 Å². The van der Waals surface area contributed by atoms with Crippen molar-refractivity contribution >= 4 is 11.8 Å². The number of piperidine rings is 1. The van der Waals surface area contributed by atoms with Gasteiger partial charge in [-0.25, -0.2) is 0 Å². The lowest BCUT2D eigenvalue weighted by Gasteiger charge is -2.33. The largest absolute Gasteiger partial charge is 0.369 e. The lowest BCUT2D eigenvalue weighted by atomic mass is 9.84. The summed E-state index contributed by atoms with van der Waals surface area (Å²) >= 11 is 0. The minimum Gasteiger partial charge on any atom is -0.369 e. The minimum absolute atomic E-state index is 0.0563. The zero-order valence-corrected chi connectivity index (χ0v) is 13.5. The van der Waals surface area contributed by atoms with Crippen LogP contribution in [0.5, 0.6) is 0 Å². The van der Waals surface area contributed by atoms with Gasteiger partial charge in [0.05, 0.1) is 12.5 Å². The molecule has 0 aromatic heterocycles. The number of carbonyl (C=O) groups is 2. The SMILES string of the molecule is CC(C)(C)CC(CN)C(=O)NC1CCN(CC(N)=O)CC1.